The van der Waals surface area contributed by atoms with Crippen LogP contribution < -0.4 is 9.75 Å². The lowest BCUT2D eigenvalue weighted by atomic mass is 9.89. The third kappa shape index (κ3) is 5.12. The first kappa shape index (κ1) is 23.7. The number of allylic oxidation sites excluding steroid dienone is 4. The average Bonchev–Trinajstić information content (AvgIpc) is 3.28. The molecule has 2 aromatic rings. The minimum absolute atomic E-state index is 0.550. The SMILES string of the molecule is CC1=c2sc3c(c2=C(CC2CCCC(=CCc4cccc(C(F)(F)F)c4)CC2)CC=C1)CCC3. The topological polar surface area (TPSA) is 0 Å². The van der Waals surface area contributed by atoms with Crippen molar-refractivity contribution in [3.63, 3.8) is 0 Å². The Morgan fingerprint density at radius 3 is 2.79 bits per heavy atom. The van der Waals surface area contributed by atoms with E-state index >= 15 is 0 Å². The molecule has 0 aliphatic heterocycles. The van der Waals surface area contributed by atoms with E-state index < -0.39 is 11.7 Å². The molecule has 34 heavy (non-hydrogen) atoms. The van der Waals surface area contributed by atoms with Gasteiger partial charge in [0, 0.05) is 9.41 Å². The quantitative estimate of drug-likeness (QED) is 0.310. The molecule has 0 nitrogen and oxygen atoms in total. The Bertz CT molecular complexity index is 1240. The van der Waals surface area contributed by atoms with Crippen LogP contribution in [-0.4, -0.2) is 0 Å². The fourth-order valence-corrected chi connectivity index (χ4v) is 7.39. The van der Waals surface area contributed by atoms with Crippen LogP contribution in [-0.2, 0) is 25.4 Å². The molecule has 3 aliphatic rings. The smallest absolute Gasteiger partial charge is 0.166 e. The van der Waals surface area contributed by atoms with Gasteiger partial charge in [0.2, 0.25) is 0 Å². The molecule has 3 aliphatic carbocycles. The standard InChI is InChI=1S/C30H33F3S/c1-20-6-2-10-24(28-26-12-5-13-27(26)34-29(20)28)18-22-8-3-7-21(14-16-22)15-17-23-9-4-11-25(19-23)30(31,32)33/h2,4,6,9,11,15,19,22H,3,5,7-8,10,12-14,16-18H2,1H3. The van der Waals surface area contributed by atoms with Crippen molar-refractivity contribution in [2.45, 2.75) is 83.7 Å². The summed E-state index contributed by atoms with van der Waals surface area (Å²) in [4.78, 5) is 1.62. The van der Waals surface area contributed by atoms with Crippen LogP contribution in [0.15, 0.2) is 48.1 Å². The number of fused-ring (bicyclic) bond motifs is 3. The largest absolute Gasteiger partial charge is 0.416 e. The molecule has 0 spiro atoms. The Labute approximate surface area is 204 Å². The molecule has 1 aromatic heterocycles. The second kappa shape index (κ2) is 9.89. The number of benzene rings is 1. The lowest BCUT2D eigenvalue weighted by molar-refractivity contribution is -0.137. The second-order valence-electron chi connectivity index (χ2n) is 10.2. The summed E-state index contributed by atoms with van der Waals surface area (Å²) in [6.45, 7) is 2.26. The molecule has 4 heteroatoms. The van der Waals surface area contributed by atoms with E-state index in [1.54, 1.807) is 27.3 Å². The number of halogens is 3. The van der Waals surface area contributed by atoms with E-state index in [1.165, 1.54) is 72.8 Å². The first-order valence-corrected chi connectivity index (χ1v) is 13.5. The van der Waals surface area contributed by atoms with Gasteiger partial charge < -0.3 is 0 Å². The van der Waals surface area contributed by atoms with Gasteiger partial charge in [-0.15, -0.1) is 11.3 Å². The molecule has 1 aromatic carbocycles. The van der Waals surface area contributed by atoms with Gasteiger partial charge in [-0.2, -0.15) is 13.2 Å². The summed E-state index contributed by atoms with van der Waals surface area (Å²) in [6, 6.07) is 5.77. The van der Waals surface area contributed by atoms with Crippen LogP contribution in [0.25, 0.3) is 11.1 Å². The minimum Gasteiger partial charge on any atom is -0.166 e. The van der Waals surface area contributed by atoms with Gasteiger partial charge in [0.05, 0.1) is 5.56 Å². The molecule has 1 fully saturated rings. The maximum Gasteiger partial charge on any atom is 0.416 e. The molecule has 180 valence electrons. The van der Waals surface area contributed by atoms with E-state index in [2.05, 4.69) is 25.2 Å². The summed E-state index contributed by atoms with van der Waals surface area (Å²) in [5, 5.41) is 1.60. The van der Waals surface area contributed by atoms with Crippen LogP contribution in [0.1, 0.15) is 79.9 Å². The molecule has 0 N–H and O–H groups in total. The Hall–Kier alpha value is -2.07. The van der Waals surface area contributed by atoms with Gasteiger partial charge >= 0.3 is 6.18 Å². The zero-order valence-corrected chi connectivity index (χ0v) is 20.8. The Morgan fingerprint density at radius 1 is 1.06 bits per heavy atom. The predicted octanol–water partition coefficient (Wildman–Crippen LogP) is 7.68. The predicted molar refractivity (Wildman–Crippen MR) is 136 cm³/mol. The van der Waals surface area contributed by atoms with Gasteiger partial charge in [0.1, 0.15) is 0 Å². The molecule has 1 saturated carbocycles. The molecule has 1 heterocycles. The van der Waals surface area contributed by atoms with Crippen LogP contribution in [0.3, 0.4) is 0 Å². The summed E-state index contributed by atoms with van der Waals surface area (Å²) in [6.07, 6.45) is 15.0. The first-order valence-electron chi connectivity index (χ1n) is 12.7. The summed E-state index contributed by atoms with van der Waals surface area (Å²) in [5.41, 5.74) is 6.33. The fraction of sp³-hybridized carbons (Fsp3) is 0.467. The monoisotopic (exact) mass is 482 g/mol. The van der Waals surface area contributed by atoms with E-state index in [1.807, 2.05) is 11.3 Å². The van der Waals surface area contributed by atoms with Crippen LogP contribution >= 0.6 is 11.3 Å². The van der Waals surface area contributed by atoms with Crippen molar-refractivity contribution in [2.24, 2.45) is 5.92 Å². The summed E-state index contributed by atoms with van der Waals surface area (Å²) in [5.74, 6) is 0.700. The van der Waals surface area contributed by atoms with Crippen molar-refractivity contribution in [1.29, 1.82) is 0 Å². The van der Waals surface area contributed by atoms with Gasteiger partial charge in [-0.3, -0.25) is 0 Å². The highest BCUT2D eigenvalue weighted by molar-refractivity contribution is 7.10. The number of rotatable bonds is 4. The Morgan fingerprint density at radius 2 is 1.94 bits per heavy atom. The van der Waals surface area contributed by atoms with E-state index in [4.69, 9.17) is 0 Å². The van der Waals surface area contributed by atoms with Crippen molar-refractivity contribution in [3.8, 4) is 0 Å². The molecule has 0 radical (unpaired) electrons. The lowest BCUT2D eigenvalue weighted by Crippen LogP contribution is -2.26. The normalized spacial score (nSPS) is 22.0. The summed E-state index contributed by atoms with van der Waals surface area (Å²) < 4.78 is 40.6. The molecule has 0 bridgehead atoms. The highest BCUT2D eigenvalue weighted by atomic mass is 32.1. The van der Waals surface area contributed by atoms with E-state index in [0.29, 0.717) is 12.3 Å². The number of hydrogen-bond donors (Lipinski definition) is 0. The van der Waals surface area contributed by atoms with Crippen LogP contribution in [0.4, 0.5) is 13.2 Å². The van der Waals surface area contributed by atoms with Gasteiger partial charge in [0.25, 0.3) is 0 Å². The number of aryl methyl sites for hydroxylation is 1. The average molecular weight is 483 g/mol. The van der Waals surface area contributed by atoms with Crippen LogP contribution in [0.2, 0.25) is 0 Å². The Balaban J connectivity index is 1.30. The van der Waals surface area contributed by atoms with Crippen molar-refractivity contribution in [1.82, 2.24) is 0 Å². The lowest BCUT2D eigenvalue weighted by Gasteiger charge is -2.16. The number of thiophene rings is 1. The highest BCUT2D eigenvalue weighted by Gasteiger charge is 2.30. The molecule has 1 atom stereocenters. The van der Waals surface area contributed by atoms with Crippen LogP contribution in [0, 0.1) is 5.92 Å². The number of alkyl halides is 3. The molecular formula is C30H33F3S. The van der Waals surface area contributed by atoms with Gasteiger partial charge in [-0.25, -0.2) is 0 Å². The summed E-state index contributed by atoms with van der Waals surface area (Å²) in [7, 11) is 0. The maximum absolute atomic E-state index is 13.0. The highest BCUT2D eigenvalue weighted by Crippen LogP contribution is 2.34. The molecule has 0 saturated heterocycles. The Kier molecular flexibility index (Phi) is 6.88. The zero-order chi connectivity index (χ0) is 23.7. The van der Waals surface area contributed by atoms with E-state index in [9.17, 15) is 13.2 Å². The molecule has 1 unspecified atom stereocenters. The fourth-order valence-electron chi connectivity index (χ4n) is 5.97. The third-order valence-electron chi connectivity index (χ3n) is 7.76. The van der Waals surface area contributed by atoms with Gasteiger partial charge in [-0.05, 0) is 111 Å². The molecular weight excluding hydrogens is 449 g/mol. The number of hydrogen-bond acceptors (Lipinski definition) is 1. The van der Waals surface area contributed by atoms with Crippen LogP contribution in [0.5, 0.6) is 0 Å². The third-order valence-corrected chi connectivity index (χ3v) is 9.19. The molecule has 5 rings (SSSR count). The van der Waals surface area contributed by atoms with Crippen molar-refractivity contribution in [2.75, 3.05) is 0 Å². The first-order chi connectivity index (χ1) is 16.4. The van der Waals surface area contributed by atoms with E-state index in [-0.39, 0.29) is 0 Å². The maximum atomic E-state index is 13.0. The minimum atomic E-state index is -4.28. The van der Waals surface area contributed by atoms with Crippen molar-refractivity contribution in [3.05, 3.63) is 79.4 Å². The van der Waals surface area contributed by atoms with Gasteiger partial charge in [-0.1, -0.05) is 47.6 Å². The molecule has 0 amide bonds. The van der Waals surface area contributed by atoms with Gasteiger partial charge in [0.15, 0.2) is 0 Å². The van der Waals surface area contributed by atoms with Crippen molar-refractivity contribution >= 4 is 22.5 Å². The van der Waals surface area contributed by atoms with E-state index in [0.717, 1.165) is 30.9 Å². The second-order valence-corrected chi connectivity index (χ2v) is 11.3. The summed E-state index contributed by atoms with van der Waals surface area (Å²) >= 11 is 2.03. The van der Waals surface area contributed by atoms with Crippen molar-refractivity contribution < 1.29 is 13.2 Å². The zero-order valence-electron chi connectivity index (χ0n) is 19.9.